The zero-order valence-corrected chi connectivity index (χ0v) is 16.1. The number of hydrogen-bond donors (Lipinski definition) is 1. The Morgan fingerprint density at radius 1 is 1.20 bits per heavy atom. The molecule has 1 aromatic heterocycles. The summed E-state index contributed by atoms with van der Waals surface area (Å²) in [4.78, 5) is 23.5. The second kappa shape index (κ2) is 9.42. The van der Waals surface area contributed by atoms with Crippen LogP contribution >= 0.6 is 11.8 Å². The molecule has 0 aliphatic carbocycles. The molecule has 1 N–H and O–H groups in total. The Kier molecular flexibility index (Phi) is 7.25. The molecule has 25 heavy (non-hydrogen) atoms. The molecule has 1 amide bonds. The maximum atomic E-state index is 12.9. The summed E-state index contributed by atoms with van der Waals surface area (Å²) in [6, 6.07) is 11.6. The highest BCUT2D eigenvalue weighted by Crippen LogP contribution is 2.12. The Balaban J connectivity index is 2.10. The zero-order valence-electron chi connectivity index (χ0n) is 15.3. The maximum absolute atomic E-state index is 12.9. The number of nitrogens with zero attached hydrogens (tertiary/aromatic N) is 3. The minimum Gasteiger partial charge on any atom is -0.342 e. The van der Waals surface area contributed by atoms with Crippen molar-refractivity contribution in [3.8, 4) is 0 Å². The van der Waals surface area contributed by atoms with E-state index in [1.54, 1.807) is 16.7 Å². The van der Waals surface area contributed by atoms with E-state index in [1.807, 2.05) is 63.5 Å². The molecule has 1 aromatic carbocycles. The molecule has 6 heteroatoms. The fraction of sp³-hybridized carbons (Fsp3) is 0.421. The Hall–Kier alpha value is -2.08. The van der Waals surface area contributed by atoms with Crippen LogP contribution in [-0.2, 0) is 11.3 Å². The van der Waals surface area contributed by atoms with Crippen LogP contribution in [0.5, 0.6) is 0 Å². The lowest BCUT2D eigenvalue weighted by atomic mass is 10.1. The van der Waals surface area contributed by atoms with E-state index in [1.165, 1.54) is 0 Å². The summed E-state index contributed by atoms with van der Waals surface area (Å²) in [7, 11) is 1.84. The molecule has 134 valence electrons. The molecule has 0 fully saturated rings. The van der Waals surface area contributed by atoms with Crippen LogP contribution in [0.3, 0.4) is 0 Å². The van der Waals surface area contributed by atoms with Crippen molar-refractivity contribution in [2.45, 2.75) is 32.9 Å². The Morgan fingerprint density at radius 2 is 1.84 bits per heavy atom. The van der Waals surface area contributed by atoms with E-state index in [0.717, 1.165) is 29.1 Å². The van der Waals surface area contributed by atoms with E-state index in [0.29, 0.717) is 12.5 Å². The Bertz CT molecular complexity index is 673. The first-order chi connectivity index (χ1) is 12.0. The van der Waals surface area contributed by atoms with Crippen LogP contribution < -0.4 is 5.32 Å². The van der Waals surface area contributed by atoms with Crippen molar-refractivity contribution in [1.29, 1.82) is 0 Å². The minimum atomic E-state index is -0.331. The number of carbonyl (C=O) groups is 1. The average molecular weight is 359 g/mol. The zero-order chi connectivity index (χ0) is 18.2. The number of benzene rings is 1. The molecule has 2 rings (SSSR count). The highest BCUT2D eigenvalue weighted by atomic mass is 32.2. The molecule has 1 atom stereocenters. The Morgan fingerprint density at radius 3 is 2.44 bits per heavy atom. The summed E-state index contributed by atoms with van der Waals surface area (Å²) in [6.45, 7) is 4.45. The van der Waals surface area contributed by atoms with Gasteiger partial charge in [-0.1, -0.05) is 30.3 Å². The van der Waals surface area contributed by atoms with Crippen molar-refractivity contribution in [2.75, 3.05) is 24.4 Å². The molecule has 1 heterocycles. The van der Waals surface area contributed by atoms with Crippen molar-refractivity contribution in [3.05, 3.63) is 53.3 Å². The molecule has 0 saturated heterocycles. The summed E-state index contributed by atoms with van der Waals surface area (Å²) in [5, 5.41) is 3.24. The predicted octanol–water partition coefficient (Wildman–Crippen LogP) is 3.29. The topological polar surface area (TPSA) is 58.1 Å². The summed E-state index contributed by atoms with van der Waals surface area (Å²) in [5.41, 5.74) is 2.90. The van der Waals surface area contributed by atoms with Gasteiger partial charge in [-0.25, -0.2) is 9.97 Å². The van der Waals surface area contributed by atoms with Crippen LogP contribution in [0.4, 0.5) is 5.95 Å². The molecule has 0 aliphatic heterocycles. The SMILES string of the molecule is CSCCC(Nc1nc(C)cc(C)n1)C(=O)N(C)Cc1ccccc1. The van der Waals surface area contributed by atoms with Gasteiger partial charge in [0.15, 0.2) is 0 Å². The summed E-state index contributed by atoms with van der Waals surface area (Å²) in [6.07, 6.45) is 2.78. The molecule has 0 saturated carbocycles. The van der Waals surface area contributed by atoms with E-state index in [9.17, 15) is 4.79 Å². The number of rotatable bonds is 8. The van der Waals surface area contributed by atoms with Gasteiger partial charge in [0.05, 0.1) is 0 Å². The van der Waals surface area contributed by atoms with Gasteiger partial charge in [0, 0.05) is 25.0 Å². The van der Waals surface area contributed by atoms with Gasteiger partial charge in [-0.05, 0) is 43.9 Å². The monoisotopic (exact) mass is 358 g/mol. The first kappa shape index (κ1) is 19.2. The van der Waals surface area contributed by atoms with Gasteiger partial charge < -0.3 is 10.2 Å². The van der Waals surface area contributed by atoms with Crippen molar-refractivity contribution in [3.63, 3.8) is 0 Å². The number of aryl methyl sites for hydroxylation is 2. The lowest BCUT2D eigenvalue weighted by molar-refractivity contribution is -0.131. The van der Waals surface area contributed by atoms with Crippen molar-refractivity contribution < 1.29 is 4.79 Å². The largest absolute Gasteiger partial charge is 0.342 e. The first-order valence-corrected chi connectivity index (χ1v) is 9.75. The summed E-state index contributed by atoms with van der Waals surface area (Å²) >= 11 is 1.73. The van der Waals surface area contributed by atoms with Crippen molar-refractivity contribution in [1.82, 2.24) is 14.9 Å². The van der Waals surface area contributed by atoms with Crippen molar-refractivity contribution >= 4 is 23.6 Å². The van der Waals surface area contributed by atoms with Crippen LogP contribution in [0.2, 0.25) is 0 Å². The number of amides is 1. The third-order valence-corrected chi connectivity index (χ3v) is 4.48. The number of aromatic nitrogens is 2. The van der Waals surface area contributed by atoms with E-state index in [4.69, 9.17) is 0 Å². The van der Waals surface area contributed by atoms with Gasteiger partial charge in [-0.2, -0.15) is 11.8 Å². The molecule has 0 radical (unpaired) electrons. The second-order valence-electron chi connectivity index (χ2n) is 6.13. The van der Waals surface area contributed by atoms with Gasteiger partial charge >= 0.3 is 0 Å². The quantitative estimate of drug-likeness (QED) is 0.785. The van der Waals surface area contributed by atoms with Gasteiger partial charge in [-0.3, -0.25) is 4.79 Å². The Labute approximate surface area is 154 Å². The van der Waals surface area contributed by atoms with Gasteiger partial charge in [0.25, 0.3) is 0 Å². The number of thioether (sulfide) groups is 1. The molecule has 5 nitrogen and oxygen atoms in total. The number of anilines is 1. The third kappa shape index (κ3) is 6.05. The highest BCUT2D eigenvalue weighted by molar-refractivity contribution is 7.98. The summed E-state index contributed by atoms with van der Waals surface area (Å²) in [5.74, 6) is 1.47. The third-order valence-electron chi connectivity index (χ3n) is 3.83. The standard InChI is InChI=1S/C19H26N4OS/c1-14-12-15(2)21-19(20-14)22-17(10-11-25-4)18(24)23(3)13-16-8-6-5-7-9-16/h5-9,12,17H,10-11,13H2,1-4H3,(H,20,21,22). The van der Waals surface area contributed by atoms with Crippen LogP contribution in [0.25, 0.3) is 0 Å². The molecular formula is C19H26N4OS. The molecule has 1 unspecified atom stereocenters. The lowest BCUT2D eigenvalue weighted by Gasteiger charge is -2.25. The van der Waals surface area contributed by atoms with E-state index < -0.39 is 0 Å². The molecule has 0 aliphatic rings. The van der Waals surface area contributed by atoms with Gasteiger partial charge in [-0.15, -0.1) is 0 Å². The van der Waals surface area contributed by atoms with Crippen LogP contribution in [0.15, 0.2) is 36.4 Å². The normalized spacial score (nSPS) is 11.8. The smallest absolute Gasteiger partial charge is 0.245 e. The van der Waals surface area contributed by atoms with E-state index >= 15 is 0 Å². The minimum absolute atomic E-state index is 0.0562. The fourth-order valence-electron chi connectivity index (χ4n) is 2.64. The van der Waals surface area contributed by atoms with E-state index in [-0.39, 0.29) is 11.9 Å². The number of hydrogen-bond acceptors (Lipinski definition) is 5. The van der Waals surface area contributed by atoms with E-state index in [2.05, 4.69) is 15.3 Å². The molecule has 2 aromatic rings. The van der Waals surface area contributed by atoms with Crippen molar-refractivity contribution in [2.24, 2.45) is 0 Å². The number of carbonyl (C=O) groups excluding carboxylic acids is 1. The van der Waals surface area contributed by atoms with Gasteiger partial charge in [0.2, 0.25) is 11.9 Å². The fourth-order valence-corrected chi connectivity index (χ4v) is 3.11. The number of likely N-dealkylation sites (N-methyl/N-ethyl adjacent to an activating group) is 1. The molecular weight excluding hydrogens is 332 g/mol. The highest BCUT2D eigenvalue weighted by Gasteiger charge is 2.23. The lowest BCUT2D eigenvalue weighted by Crippen LogP contribution is -2.41. The van der Waals surface area contributed by atoms with Crippen LogP contribution in [0, 0.1) is 13.8 Å². The first-order valence-electron chi connectivity index (χ1n) is 8.36. The number of nitrogens with one attached hydrogen (secondary N) is 1. The molecule has 0 bridgehead atoms. The second-order valence-corrected chi connectivity index (χ2v) is 7.12. The van der Waals surface area contributed by atoms with Gasteiger partial charge in [0.1, 0.15) is 6.04 Å². The average Bonchev–Trinajstić information content (AvgIpc) is 2.58. The summed E-state index contributed by atoms with van der Waals surface area (Å²) < 4.78 is 0. The maximum Gasteiger partial charge on any atom is 0.245 e. The molecule has 0 spiro atoms. The van der Waals surface area contributed by atoms with Crippen LogP contribution in [0.1, 0.15) is 23.4 Å². The predicted molar refractivity (Wildman–Crippen MR) is 105 cm³/mol. The van der Waals surface area contributed by atoms with Crippen LogP contribution in [-0.4, -0.2) is 45.9 Å².